The first-order valence-corrected chi connectivity index (χ1v) is 5.52. The van der Waals surface area contributed by atoms with Gasteiger partial charge in [-0.05, 0) is 6.42 Å². The summed E-state index contributed by atoms with van der Waals surface area (Å²) in [5.74, 6) is -1.06. The van der Waals surface area contributed by atoms with Crippen LogP contribution >= 0.6 is 0 Å². The smallest absolute Gasteiger partial charge is 0.304 e. The average molecular weight is 195 g/mol. The highest BCUT2D eigenvalue weighted by Gasteiger charge is 2.10. The van der Waals surface area contributed by atoms with E-state index < -0.39 is 21.8 Å². The molecule has 0 bridgehead atoms. The molecule has 0 saturated carbocycles. The lowest BCUT2D eigenvalue weighted by Gasteiger charge is -2.06. The van der Waals surface area contributed by atoms with Crippen LogP contribution < -0.4 is 5.73 Å². The Kier molecular flexibility index (Phi) is 4.19. The molecule has 5 nitrogen and oxygen atoms in total. The number of aliphatic carboxylic acids is 1. The van der Waals surface area contributed by atoms with Crippen molar-refractivity contribution < 1.29 is 18.3 Å². The van der Waals surface area contributed by atoms with Gasteiger partial charge in [0, 0.05) is 12.3 Å². The van der Waals surface area contributed by atoms with Crippen LogP contribution in [0, 0.1) is 0 Å². The fraction of sp³-hybridized carbons (Fsp3) is 0.833. The van der Waals surface area contributed by atoms with Crippen LogP contribution in [0.3, 0.4) is 0 Å². The number of sulfone groups is 1. The molecular weight excluding hydrogens is 182 g/mol. The summed E-state index contributed by atoms with van der Waals surface area (Å²) >= 11 is 0. The molecular formula is C6H13NO4S. The van der Waals surface area contributed by atoms with Gasteiger partial charge >= 0.3 is 5.97 Å². The van der Waals surface area contributed by atoms with Crippen LogP contribution in [0.5, 0.6) is 0 Å². The molecule has 6 heteroatoms. The zero-order chi connectivity index (χ0) is 9.78. The maximum atomic E-state index is 10.6. The normalized spacial score (nSPS) is 14.2. The van der Waals surface area contributed by atoms with Crippen molar-refractivity contribution >= 4 is 15.8 Å². The number of carboxylic acids is 1. The summed E-state index contributed by atoms with van der Waals surface area (Å²) < 4.78 is 21.2. The molecule has 0 radical (unpaired) electrons. The van der Waals surface area contributed by atoms with Crippen LogP contribution in [0.15, 0.2) is 0 Å². The minimum atomic E-state index is -3.03. The first-order chi connectivity index (χ1) is 5.31. The Labute approximate surface area is 71.5 Å². The van der Waals surface area contributed by atoms with Crippen LogP contribution in [-0.4, -0.2) is 37.5 Å². The van der Waals surface area contributed by atoms with Gasteiger partial charge in [0.15, 0.2) is 0 Å². The lowest BCUT2D eigenvalue weighted by Crippen LogP contribution is -2.26. The van der Waals surface area contributed by atoms with E-state index >= 15 is 0 Å². The summed E-state index contributed by atoms with van der Waals surface area (Å²) in [4.78, 5) is 10.1. The van der Waals surface area contributed by atoms with Crippen molar-refractivity contribution in [3.05, 3.63) is 0 Å². The molecule has 3 N–H and O–H groups in total. The quantitative estimate of drug-likeness (QED) is 0.600. The number of hydrogen-bond donors (Lipinski definition) is 2. The van der Waals surface area contributed by atoms with Crippen LogP contribution in [0.2, 0.25) is 0 Å². The van der Waals surface area contributed by atoms with E-state index in [4.69, 9.17) is 10.8 Å². The van der Waals surface area contributed by atoms with Crippen molar-refractivity contribution in [2.45, 2.75) is 18.9 Å². The molecule has 0 rings (SSSR count). The molecule has 12 heavy (non-hydrogen) atoms. The third kappa shape index (κ3) is 7.49. The third-order valence-corrected chi connectivity index (χ3v) is 2.27. The van der Waals surface area contributed by atoms with Crippen molar-refractivity contribution in [2.24, 2.45) is 5.73 Å². The molecule has 0 aliphatic heterocycles. The largest absolute Gasteiger partial charge is 0.481 e. The zero-order valence-electron chi connectivity index (χ0n) is 6.86. The highest BCUT2D eigenvalue weighted by atomic mass is 32.2. The summed E-state index contributed by atoms with van der Waals surface area (Å²) in [7, 11) is -3.03. The molecule has 0 fully saturated rings. The van der Waals surface area contributed by atoms with Gasteiger partial charge in [-0.15, -0.1) is 0 Å². The minimum Gasteiger partial charge on any atom is -0.481 e. The molecule has 0 aromatic rings. The summed E-state index contributed by atoms with van der Waals surface area (Å²) in [5.41, 5.74) is 5.34. The van der Waals surface area contributed by atoms with Gasteiger partial charge in [0.25, 0.3) is 0 Å². The highest BCUT2D eigenvalue weighted by molar-refractivity contribution is 7.90. The molecule has 0 aliphatic carbocycles. The maximum Gasteiger partial charge on any atom is 0.304 e. The zero-order valence-corrected chi connectivity index (χ0v) is 7.67. The summed E-state index contributed by atoms with van der Waals surface area (Å²) in [6.45, 7) is 0. The fourth-order valence-electron chi connectivity index (χ4n) is 0.692. The third-order valence-electron chi connectivity index (χ3n) is 1.30. The van der Waals surface area contributed by atoms with Gasteiger partial charge in [0.1, 0.15) is 9.84 Å². The first-order valence-electron chi connectivity index (χ1n) is 3.46. The maximum absolute atomic E-state index is 10.6. The molecule has 0 aromatic heterocycles. The van der Waals surface area contributed by atoms with Crippen LogP contribution in [0.25, 0.3) is 0 Å². The van der Waals surface area contributed by atoms with Crippen LogP contribution in [0.1, 0.15) is 12.8 Å². The molecule has 0 amide bonds. The predicted octanol–water partition coefficient (Wildman–Crippen LogP) is -0.777. The Hall–Kier alpha value is -0.620. The summed E-state index contributed by atoms with van der Waals surface area (Å²) in [6, 6.07) is -0.572. The van der Waals surface area contributed by atoms with Gasteiger partial charge in [-0.25, -0.2) is 8.42 Å². The molecule has 72 valence electrons. The number of carbonyl (C=O) groups is 1. The lowest BCUT2D eigenvalue weighted by molar-refractivity contribution is -0.137. The van der Waals surface area contributed by atoms with Gasteiger partial charge in [0.2, 0.25) is 0 Å². The monoisotopic (exact) mass is 195 g/mol. The van der Waals surface area contributed by atoms with Crippen molar-refractivity contribution in [1.29, 1.82) is 0 Å². The standard InChI is InChI=1S/C6H13NO4S/c1-12(10,11)3-2-5(7)4-6(8)9/h5H,2-4,7H2,1H3,(H,8,9)/t5-/m1/s1. The van der Waals surface area contributed by atoms with Crippen LogP contribution in [0.4, 0.5) is 0 Å². The Morgan fingerprint density at radius 1 is 1.58 bits per heavy atom. The van der Waals surface area contributed by atoms with E-state index in [1.165, 1.54) is 0 Å². The van der Waals surface area contributed by atoms with E-state index in [1.807, 2.05) is 0 Å². The van der Waals surface area contributed by atoms with Crippen molar-refractivity contribution in [2.75, 3.05) is 12.0 Å². The summed E-state index contributed by atoms with van der Waals surface area (Å²) in [5, 5.41) is 8.28. The van der Waals surface area contributed by atoms with Crippen molar-refractivity contribution in [3.8, 4) is 0 Å². The average Bonchev–Trinajstić information content (AvgIpc) is 1.80. The van der Waals surface area contributed by atoms with Gasteiger partial charge in [0.05, 0.1) is 12.2 Å². The molecule has 0 aromatic carbocycles. The number of nitrogens with two attached hydrogens (primary N) is 1. The predicted molar refractivity (Wildman–Crippen MR) is 44.6 cm³/mol. The molecule has 0 unspecified atom stereocenters. The Balaban J connectivity index is 3.72. The van der Waals surface area contributed by atoms with Crippen molar-refractivity contribution in [3.63, 3.8) is 0 Å². The second kappa shape index (κ2) is 4.42. The fourth-order valence-corrected chi connectivity index (χ4v) is 1.42. The van der Waals surface area contributed by atoms with E-state index in [2.05, 4.69) is 0 Å². The number of hydrogen-bond acceptors (Lipinski definition) is 4. The molecule has 0 heterocycles. The molecule has 0 saturated heterocycles. The SMILES string of the molecule is CS(=O)(=O)CC[C@@H](N)CC(=O)O. The second-order valence-corrected chi connectivity index (χ2v) is 5.04. The molecule has 0 spiro atoms. The Morgan fingerprint density at radius 3 is 2.42 bits per heavy atom. The first kappa shape index (κ1) is 11.4. The second-order valence-electron chi connectivity index (χ2n) is 2.78. The van der Waals surface area contributed by atoms with Gasteiger partial charge in [-0.1, -0.05) is 0 Å². The highest BCUT2D eigenvalue weighted by Crippen LogP contribution is 1.97. The Bertz CT molecular complexity index is 246. The van der Waals surface area contributed by atoms with E-state index in [1.54, 1.807) is 0 Å². The minimum absolute atomic E-state index is 0.0541. The van der Waals surface area contributed by atoms with E-state index in [0.717, 1.165) is 6.26 Å². The molecule has 1 atom stereocenters. The number of rotatable bonds is 5. The van der Waals surface area contributed by atoms with E-state index in [9.17, 15) is 13.2 Å². The lowest BCUT2D eigenvalue weighted by atomic mass is 10.2. The van der Waals surface area contributed by atoms with E-state index in [0.29, 0.717) is 0 Å². The topological polar surface area (TPSA) is 97.5 Å². The van der Waals surface area contributed by atoms with Gasteiger partial charge in [-0.2, -0.15) is 0 Å². The van der Waals surface area contributed by atoms with Gasteiger partial charge < -0.3 is 10.8 Å². The van der Waals surface area contributed by atoms with Crippen LogP contribution in [-0.2, 0) is 14.6 Å². The number of carboxylic acid groups (broad SMARTS) is 1. The van der Waals surface area contributed by atoms with E-state index in [-0.39, 0.29) is 18.6 Å². The molecule has 0 aliphatic rings. The summed E-state index contributed by atoms with van der Waals surface area (Å²) in [6.07, 6.45) is 1.11. The van der Waals surface area contributed by atoms with Crippen molar-refractivity contribution in [1.82, 2.24) is 0 Å². The van der Waals surface area contributed by atoms with Gasteiger partial charge in [-0.3, -0.25) is 4.79 Å². The Morgan fingerprint density at radius 2 is 2.08 bits per heavy atom.